The van der Waals surface area contributed by atoms with Gasteiger partial charge in [0.15, 0.2) is 6.29 Å². The van der Waals surface area contributed by atoms with Crippen LogP contribution in [0.25, 0.3) is 10.9 Å². The molecule has 25 heavy (non-hydrogen) atoms. The van der Waals surface area contributed by atoms with Gasteiger partial charge >= 0.3 is 0 Å². The predicted octanol–water partition coefficient (Wildman–Crippen LogP) is 3.76. The van der Waals surface area contributed by atoms with Crippen LogP contribution < -0.4 is 5.32 Å². The van der Waals surface area contributed by atoms with E-state index in [0.717, 1.165) is 21.7 Å². The molecule has 0 spiro atoms. The highest BCUT2D eigenvalue weighted by atomic mass is 79.9. The maximum atomic E-state index is 12.3. The first-order valence-corrected chi connectivity index (χ1v) is 8.05. The fourth-order valence-corrected chi connectivity index (χ4v) is 2.94. The number of carbonyl (C=O) groups excluding carboxylic acids is 2. The van der Waals surface area contributed by atoms with Crippen LogP contribution in [0.2, 0.25) is 0 Å². The highest BCUT2D eigenvalue weighted by Gasteiger charge is 2.12. The number of benzene rings is 2. The van der Waals surface area contributed by atoms with E-state index in [1.807, 2.05) is 18.2 Å². The van der Waals surface area contributed by atoms with Gasteiger partial charge in [0, 0.05) is 45.0 Å². The van der Waals surface area contributed by atoms with E-state index >= 15 is 0 Å². The number of nitrogens with zero attached hydrogens (tertiary/aromatic N) is 2. The van der Waals surface area contributed by atoms with Crippen LogP contribution in [0.15, 0.2) is 53.1 Å². The highest BCUT2D eigenvalue weighted by molar-refractivity contribution is 9.10. The van der Waals surface area contributed by atoms with Gasteiger partial charge in [-0.2, -0.15) is 0 Å². The van der Waals surface area contributed by atoms with E-state index in [2.05, 4.69) is 21.2 Å². The quantitative estimate of drug-likeness (QED) is 0.400. The molecular weight excluding hydrogens is 390 g/mol. The summed E-state index contributed by atoms with van der Waals surface area (Å²) >= 11 is 3.36. The topological polar surface area (TPSA) is 94.2 Å². The zero-order valence-corrected chi connectivity index (χ0v) is 14.4. The van der Waals surface area contributed by atoms with Gasteiger partial charge in [0.1, 0.15) is 6.54 Å². The number of hydrogen-bond donors (Lipinski definition) is 1. The fourth-order valence-electron chi connectivity index (χ4n) is 2.57. The zero-order chi connectivity index (χ0) is 18.0. The molecule has 3 aromatic rings. The van der Waals surface area contributed by atoms with E-state index in [1.54, 1.807) is 16.8 Å². The van der Waals surface area contributed by atoms with Crippen LogP contribution in [-0.2, 0) is 11.3 Å². The van der Waals surface area contributed by atoms with Crippen molar-refractivity contribution >= 4 is 50.4 Å². The van der Waals surface area contributed by atoms with Crippen LogP contribution in [0.4, 0.5) is 11.4 Å². The van der Waals surface area contributed by atoms with Crippen LogP contribution in [0.5, 0.6) is 0 Å². The molecule has 1 amide bonds. The third-order valence-corrected chi connectivity index (χ3v) is 4.15. The van der Waals surface area contributed by atoms with Crippen molar-refractivity contribution in [3.8, 4) is 0 Å². The molecule has 0 saturated carbocycles. The standard InChI is InChI=1S/C17H12BrN3O4/c18-12-4-5-16-15(6-12)11(10-22)8-20(16)9-17(23)19-13-2-1-3-14(7-13)21(24)25/h1-8,10H,9H2,(H,19,23). The third-order valence-electron chi connectivity index (χ3n) is 3.66. The van der Waals surface area contributed by atoms with Crippen LogP contribution >= 0.6 is 15.9 Å². The number of amides is 1. The Hall–Kier alpha value is -3.00. The molecule has 3 rings (SSSR count). The molecule has 0 atom stereocenters. The second-order valence-electron chi connectivity index (χ2n) is 5.35. The Kier molecular flexibility index (Phi) is 4.62. The van der Waals surface area contributed by atoms with Gasteiger partial charge in [-0.3, -0.25) is 19.7 Å². The summed E-state index contributed by atoms with van der Waals surface area (Å²) in [7, 11) is 0. The smallest absolute Gasteiger partial charge is 0.271 e. The maximum Gasteiger partial charge on any atom is 0.271 e. The minimum absolute atomic E-state index is 0.0192. The lowest BCUT2D eigenvalue weighted by molar-refractivity contribution is -0.384. The van der Waals surface area contributed by atoms with Gasteiger partial charge in [0.05, 0.1) is 4.92 Å². The van der Waals surface area contributed by atoms with Crippen LogP contribution in [0.3, 0.4) is 0 Å². The SMILES string of the molecule is O=Cc1cn(CC(=O)Nc2cccc([N+](=O)[O-])c2)c2ccc(Br)cc12. The van der Waals surface area contributed by atoms with Gasteiger partial charge in [0.2, 0.25) is 5.91 Å². The molecule has 1 aromatic heterocycles. The molecule has 8 heteroatoms. The molecule has 2 aromatic carbocycles. The van der Waals surface area contributed by atoms with Crippen molar-refractivity contribution in [1.29, 1.82) is 0 Å². The second kappa shape index (κ2) is 6.86. The van der Waals surface area contributed by atoms with E-state index in [-0.39, 0.29) is 18.1 Å². The van der Waals surface area contributed by atoms with Crippen molar-refractivity contribution in [3.05, 3.63) is 68.8 Å². The number of halogens is 1. The van der Waals surface area contributed by atoms with Gasteiger partial charge in [-0.15, -0.1) is 0 Å². The summed E-state index contributed by atoms with van der Waals surface area (Å²) in [6.07, 6.45) is 2.35. The van der Waals surface area contributed by atoms with Crippen LogP contribution in [-0.4, -0.2) is 21.7 Å². The Morgan fingerprint density at radius 3 is 2.80 bits per heavy atom. The molecule has 0 fully saturated rings. The maximum absolute atomic E-state index is 12.3. The number of hydrogen-bond acceptors (Lipinski definition) is 4. The fraction of sp³-hybridized carbons (Fsp3) is 0.0588. The van der Waals surface area contributed by atoms with Crippen molar-refractivity contribution in [2.24, 2.45) is 0 Å². The molecule has 1 N–H and O–H groups in total. The molecule has 0 unspecified atom stereocenters. The Balaban J connectivity index is 1.84. The summed E-state index contributed by atoms with van der Waals surface area (Å²) in [6, 6.07) is 11.2. The van der Waals surface area contributed by atoms with E-state index in [9.17, 15) is 19.7 Å². The van der Waals surface area contributed by atoms with Crippen LogP contribution in [0.1, 0.15) is 10.4 Å². The number of rotatable bonds is 5. The van der Waals surface area contributed by atoms with E-state index in [4.69, 9.17) is 0 Å². The molecule has 0 aliphatic carbocycles. The highest BCUT2D eigenvalue weighted by Crippen LogP contribution is 2.24. The summed E-state index contributed by atoms with van der Waals surface area (Å²) < 4.78 is 2.50. The third kappa shape index (κ3) is 3.58. The molecular formula is C17H12BrN3O4. The molecule has 0 radical (unpaired) electrons. The largest absolute Gasteiger partial charge is 0.337 e. The summed E-state index contributed by atoms with van der Waals surface area (Å²) in [6.45, 7) is -0.0192. The molecule has 0 bridgehead atoms. The van der Waals surface area contributed by atoms with Crippen LogP contribution in [0, 0.1) is 10.1 Å². The van der Waals surface area contributed by atoms with Crippen molar-refractivity contribution in [2.45, 2.75) is 6.54 Å². The van der Waals surface area contributed by atoms with Gasteiger partial charge in [-0.25, -0.2) is 0 Å². The van der Waals surface area contributed by atoms with Gasteiger partial charge in [-0.05, 0) is 24.3 Å². The molecule has 0 aliphatic heterocycles. The Bertz CT molecular complexity index is 997. The van der Waals surface area contributed by atoms with Gasteiger partial charge in [0.25, 0.3) is 5.69 Å². The number of fused-ring (bicyclic) bond motifs is 1. The zero-order valence-electron chi connectivity index (χ0n) is 12.8. The lowest BCUT2D eigenvalue weighted by Crippen LogP contribution is -2.18. The number of carbonyl (C=O) groups is 2. The number of nitro benzene ring substituents is 1. The van der Waals surface area contributed by atoms with E-state index in [1.165, 1.54) is 18.2 Å². The lowest BCUT2D eigenvalue weighted by Gasteiger charge is -2.07. The van der Waals surface area contributed by atoms with E-state index < -0.39 is 4.92 Å². The minimum atomic E-state index is -0.524. The number of nitrogens with one attached hydrogen (secondary N) is 1. The molecule has 0 aliphatic rings. The first-order valence-electron chi connectivity index (χ1n) is 7.26. The summed E-state index contributed by atoms with van der Waals surface area (Å²) in [4.78, 5) is 33.8. The number of nitro groups is 1. The Labute approximate surface area is 150 Å². The monoisotopic (exact) mass is 401 g/mol. The average Bonchev–Trinajstić information content (AvgIpc) is 2.91. The molecule has 0 saturated heterocycles. The van der Waals surface area contributed by atoms with Crippen molar-refractivity contribution in [3.63, 3.8) is 0 Å². The summed E-state index contributed by atoms with van der Waals surface area (Å²) in [5, 5.41) is 14.2. The Morgan fingerprint density at radius 1 is 1.28 bits per heavy atom. The lowest BCUT2D eigenvalue weighted by atomic mass is 10.2. The second-order valence-corrected chi connectivity index (χ2v) is 6.26. The minimum Gasteiger partial charge on any atom is -0.337 e. The number of aldehydes is 1. The Morgan fingerprint density at radius 2 is 2.08 bits per heavy atom. The van der Waals surface area contributed by atoms with E-state index in [0.29, 0.717) is 11.3 Å². The van der Waals surface area contributed by atoms with Crippen molar-refractivity contribution in [1.82, 2.24) is 4.57 Å². The number of non-ortho nitro benzene ring substituents is 1. The molecule has 126 valence electrons. The summed E-state index contributed by atoms with van der Waals surface area (Å²) in [5.41, 5.74) is 1.48. The first kappa shape index (κ1) is 16.8. The normalized spacial score (nSPS) is 10.6. The van der Waals surface area contributed by atoms with Crippen molar-refractivity contribution < 1.29 is 14.5 Å². The summed E-state index contributed by atoms with van der Waals surface area (Å²) in [5.74, 6) is -0.349. The predicted molar refractivity (Wildman–Crippen MR) is 96.8 cm³/mol. The molecule has 1 heterocycles. The number of aromatic nitrogens is 1. The van der Waals surface area contributed by atoms with Gasteiger partial charge in [-0.1, -0.05) is 22.0 Å². The van der Waals surface area contributed by atoms with Gasteiger partial charge < -0.3 is 9.88 Å². The first-order chi connectivity index (χ1) is 12.0. The molecule has 7 nitrogen and oxygen atoms in total. The van der Waals surface area contributed by atoms with Crippen molar-refractivity contribution in [2.75, 3.05) is 5.32 Å². The number of anilines is 1. The average molecular weight is 402 g/mol.